The van der Waals surface area contributed by atoms with Crippen LogP contribution < -0.4 is 15.4 Å². The lowest BCUT2D eigenvalue weighted by Gasteiger charge is -2.14. The van der Waals surface area contributed by atoms with E-state index in [9.17, 15) is 13.2 Å². The summed E-state index contributed by atoms with van der Waals surface area (Å²) in [5.74, 6) is -0.339. The highest BCUT2D eigenvalue weighted by Crippen LogP contribution is 2.10. The van der Waals surface area contributed by atoms with E-state index in [1.165, 1.54) is 19.1 Å². The highest BCUT2D eigenvalue weighted by atomic mass is 35.5. The van der Waals surface area contributed by atoms with Crippen molar-refractivity contribution in [3.8, 4) is 0 Å². The molecule has 1 aromatic carbocycles. The van der Waals surface area contributed by atoms with Gasteiger partial charge in [-0.2, -0.15) is 4.72 Å². The van der Waals surface area contributed by atoms with Crippen LogP contribution in [0.25, 0.3) is 0 Å². The van der Waals surface area contributed by atoms with Gasteiger partial charge in [-0.05, 0) is 38.9 Å². The molecule has 0 aromatic heterocycles. The van der Waals surface area contributed by atoms with Crippen LogP contribution in [-0.2, 0) is 14.8 Å². The minimum Gasteiger partial charge on any atom is -0.353 e. The number of nitrogens with one attached hydrogen (secondary N) is 3. The van der Waals surface area contributed by atoms with Crippen molar-refractivity contribution in [1.82, 2.24) is 15.4 Å². The van der Waals surface area contributed by atoms with Crippen molar-refractivity contribution >= 4 is 28.3 Å². The number of amides is 1. The Morgan fingerprint density at radius 3 is 2.30 bits per heavy atom. The molecule has 132 valence electrons. The van der Waals surface area contributed by atoms with E-state index in [1.807, 2.05) is 6.92 Å². The van der Waals surface area contributed by atoms with Gasteiger partial charge in [0.2, 0.25) is 15.9 Å². The van der Waals surface area contributed by atoms with Crippen LogP contribution in [-0.4, -0.2) is 40.0 Å². The second-order valence-electron chi connectivity index (χ2n) is 5.20. The molecule has 0 spiro atoms. The van der Waals surface area contributed by atoms with Gasteiger partial charge in [0, 0.05) is 13.1 Å². The van der Waals surface area contributed by atoms with Gasteiger partial charge in [0.25, 0.3) is 0 Å². The maximum atomic E-state index is 12.2. The summed E-state index contributed by atoms with van der Waals surface area (Å²) in [4.78, 5) is 12.0. The molecule has 1 aromatic rings. The maximum Gasteiger partial charge on any atom is 0.241 e. The third-order valence-corrected chi connectivity index (χ3v) is 4.64. The molecular formula is C15H26ClN3O3S. The number of hydrogen-bond donors (Lipinski definition) is 3. The molecule has 0 fully saturated rings. The Labute approximate surface area is 144 Å². The lowest BCUT2D eigenvalue weighted by molar-refractivity contribution is -0.122. The van der Waals surface area contributed by atoms with Gasteiger partial charge in [-0.25, -0.2) is 8.42 Å². The first-order valence-corrected chi connectivity index (χ1v) is 8.92. The molecule has 0 saturated carbocycles. The molecule has 1 unspecified atom stereocenters. The zero-order valence-corrected chi connectivity index (χ0v) is 15.4. The number of halogens is 1. The third kappa shape index (κ3) is 7.78. The summed E-state index contributed by atoms with van der Waals surface area (Å²) < 4.78 is 26.7. The number of carbonyl (C=O) groups excluding carboxylic acids is 1. The zero-order chi connectivity index (χ0) is 16.6. The summed E-state index contributed by atoms with van der Waals surface area (Å²) >= 11 is 0. The fraction of sp³-hybridized carbons (Fsp3) is 0.533. The third-order valence-electron chi connectivity index (χ3n) is 3.08. The second kappa shape index (κ2) is 10.6. The van der Waals surface area contributed by atoms with E-state index in [2.05, 4.69) is 22.3 Å². The number of sulfonamides is 1. The average molecular weight is 364 g/mol. The number of carbonyl (C=O) groups is 1. The van der Waals surface area contributed by atoms with Gasteiger partial charge < -0.3 is 10.6 Å². The van der Waals surface area contributed by atoms with Gasteiger partial charge in [-0.3, -0.25) is 4.79 Å². The molecule has 0 aliphatic carbocycles. The minimum atomic E-state index is -3.69. The van der Waals surface area contributed by atoms with Gasteiger partial charge in [-0.15, -0.1) is 12.4 Å². The van der Waals surface area contributed by atoms with Crippen LogP contribution in [0.4, 0.5) is 0 Å². The zero-order valence-electron chi connectivity index (χ0n) is 13.8. The normalized spacial score (nSPS) is 12.3. The molecule has 0 heterocycles. The van der Waals surface area contributed by atoms with Crippen LogP contribution in [0.1, 0.15) is 25.8 Å². The van der Waals surface area contributed by atoms with Crippen molar-refractivity contribution in [3.63, 3.8) is 0 Å². The first-order valence-electron chi connectivity index (χ1n) is 7.44. The van der Waals surface area contributed by atoms with Crippen molar-refractivity contribution in [3.05, 3.63) is 29.8 Å². The molecule has 0 saturated heterocycles. The van der Waals surface area contributed by atoms with E-state index in [0.29, 0.717) is 13.1 Å². The van der Waals surface area contributed by atoms with Crippen molar-refractivity contribution in [2.75, 3.05) is 19.6 Å². The van der Waals surface area contributed by atoms with E-state index in [1.54, 1.807) is 12.1 Å². The molecule has 3 N–H and O–H groups in total. The lowest BCUT2D eigenvalue weighted by Crippen LogP contribution is -2.46. The van der Waals surface area contributed by atoms with E-state index in [-0.39, 0.29) is 23.2 Å². The Bertz CT molecular complexity index is 576. The highest BCUT2D eigenvalue weighted by Gasteiger charge is 2.21. The van der Waals surface area contributed by atoms with Gasteiger partial charge in [0.1, 0.15) is 0 Å². The Balaban J connectivity index is 0.00000484. The van der Waals surface area contributed by atoms with Gasteiger partial charge >= 0.3 is 0 Å². The van der Waals surface area contributed by atoms with Crippen LogP contribution in [0, 0.1) is 6.92 Å². The number of benzene rings is 1. The van der Waals surface area contributed by atoms with Gasteiger partial charge in [0.15, 0.2) is 0 Å². The summed E-state index contributed by atoms with van der Waals surface area (Å²) in [6, 6.07) is 5.67. The summed E-state index contributed by atoms with van der Waals surface area (Å²) in [6.07, 6.45) is 1.03. The predicted molar refractivity (Wildman–Crippen MR) is 94.4 cm³/mol. The first-order chi connectivity index (χ1) is 10.4. The standard InChI is InChI=1S/C15H25N3O3S.ClH/c1-4-9-16-10-11-17-15(19)13(3)18-22(20,21)14-7-5-12(2)6-8-14;/h5-8,13,16,18H,4,9-11H2,1-3H3,(H,17,19);1H. The summed E-state index contributed by atoms with van der Waals surface area (Å²) in [7, 11) is -3.69. The molecule has 0 bridgehead atoms. The smallest absolute Gasteiger partial charge is 0.241 e. The Kier molecular flexibility index (Phi) is 10.1. The molecule has 0 radical (unpaired) electrons. The fourth-order valence-electron chi connectivity index (χ4n) is 1.80. The minimum absolute atomic E-state index is 0. The summed E-state index contributed by atoms with van der Waals surface area (Å²) in [6.45, 7) is 7.50. The van der Waals surface area contributed by atoms with Crippen LogP contribution in [0.2, 0.25) is 0 Å². The van der Waals surface area contributed by atoms with Crippen LogP contribution in [0.15, 0.2) is 29.2 Å². The fourth-order valence-corrected chi connectivity index (χ4v) is 3.00. The molecule has 1 rings (SSSR count). The number of rotatable bonds is 9. The highest BCUT2D eigenvalue weighted by molar-refractivity contribution is 7.89. The molecular weight excluding hydrogens is 338 g/mol. The molecule has 6 nitrogen and oxygen atoms in total. The van der Waals surface area contributed by atoms with Crippen LogP contribution in [0.5, 0.6) is 0 Å². The van der Waals surface area contributed by atoms with E-state index in [0.717, 1.165) is 18.5 Å². The molecule has 1 atom stereocenters. The van der Waals surface area contributed by atoms with Crippen molar-refractivity contribution in [2.24, 2.45) is 0 Å². The monoisotopic (exact) mass is 363 g/mol. The predicted octanol–water partition coefficient (Wildman–Crippen LogP) is 1.20. The first kappa shape index (κ1) is 21.9. The Hall–Kier alpha value is -1.15. The van der Waals surface area contributed by atoms with E-state index in [4.69, 9.17) is 0 Å². The van der Waals surface area contributed by atoms with E-state index >= 15 is 0 Å². The van der Waals surface area contributed by atoms with Crippen LogP contribution >= 0.6 is 12.4 Å². The molecule has 23 heavy (non-hydrogen) atoms. The SMILES string of the molecule is CCCNCCNC(=O)C(C)NS(=O)(=O)c1ccc(C)cc1.Cl. The molecule has 8 heteroatoms. The van der Waals surface area contributed by atoms with Gasteiger partial charge in [-0.1, -0.05) is 24.6 Å². The second-order valence-corrected chi connectivity index (χ2v) is 6.91. The quantitative estimate of drug-likeness (QED) is 0.575. The average Bonchev–Trinajstić information content (AvgIpc) is 2.46. The Morgan fingerprint density at radius 2 is 1.74 bits per heavy atom. The number of hydrogen-bond acceptors (Lipinski definition) is 4. The maximum absolute atomic E-state index is 12.2. The molecule has 0 aliphatic rings. The van der Waals surface area contributed by atoms with Gasteiger partial charge in [0.05, 0.1) is 10.9 Å². The molecule has 1 amide bonds. The van der Waals surface area contributed by atoms with Crippen LogP contribution in [0.3, 0.4) is 0 Å². The number of aryl methyl sites for hydroxylation is 1. The van der Waals surface area contributed by atoms with Crippen molar-refractivity contribution in [2.45, 2.75) is 38.1 Å². The Morgan fingerprint density at radius 1 is 1.13 bits per heavy atom. The van der Waals surface area contributed by atoms with E-state index < -0.39 is 16.1 Å². The van der Waals surface area contributed by atoms with Crippen molar-refractivity contribution < 1.29 is 13.2 Å². The topological polar surface area (TPSA) is 87.3 Å². The van der Waals surface area contributed by atoms with Crippen molar-refractivity contribution in [1.29, 1.82) is 0 Å². The summed E-state index contributed by atoms with van der Waals surface area (Å²) in [5, 5.41) is 5.85. The largest absolute Gasteiger partial charge is 0.353 e. The lowest BCUT2D eigenvalue weighted by atomic mass is 10.2. The molecule has 0 aliphatic heterocycles. The summed E-state index contributed by atoms with van der Waals surface area (Å²) in [5.41, 5.74) is 0.976.